The Kier molecular flexibility index (Phi) is 7.13. The summed E-state index contributed by atoms with van der Waals surface area (Å²) in [7, 11) is -3.90. The molecule has 2 aromatic rings. The lowest BCUT2D eigenvalue weighted by atomic mass is 10.3. The first-order valence-electron chi connectivity index (χ1n) is 9.27. The highest BCUT2D eigenvalue weighted by atomic mass is 32.2. The van der Waals surface area contributed by atoms with Gasteiger partial charge in [-0.1, -0.05) is 0 Å². The third-order valence-electron chi connectivity index (χ3n) is 4.41. The van der Waals surface area contributed by atoms with Gasteiger partial charge < -0.3 is 10.1 Å². The van der Waals surface area contributed by atoms with Crippen molar-refractivity contribution < 1.29 is 22.3 Å². The van der Waals surface area contributed by atoms with Crippen LogP contribution in [-0.2, 0) is 14.8 Å². The molecule has 0 bridgehead atoms. The van der Waals surface area contributed by atoms with Gasteiger partial charge in [-0.25, -0.2) is 12.8 Å². The Morgan fingerprint density at radius 1 is 1.17 bits per heavy atom. The van der Waals surface area contributed by atoms with Gasteiger partial charge in [-0.15, -0.1) is 0 Å². The molecule has 1 aliphatic rings. The van der Waals surface area contributed by atoms with Crippen LogP contribution in [-0.4, -0.2) is 63.6 Å². The van der Waals surface area contributed by atoms with Crippen molar-refractivity contribution in [2.45, 2.75) is 11.3 Å². The number of carbonyl (C=O) groups is 1. The molecular weight excluding hydrogens is 399 g/mol. The molecule has 0 aliphatic carbocycles. The van der Waals surface area contributed by atoms with Gasteiger partial charge in [-0.2, -0.15) is 0 Å². The quantitative estimate of drug-likeness (QED) is 0.625. The Labute approximate surface area is 169 Å². The molecule has 10 heteroatoms. The molecule has 0 saturated carbocycles. The number of halogens is 1. The first-order chi connectivity index (χ1) is 13.9. The predicted molar refractivity (Wildman–Crippen MR) is 106 cm³/mol. The number of amides is 1. The van der Waals surface area contributed by atoms with Crippen LogP contribution < -0.4 is 10.0 Å². The van der Waals surface area contributed by atoms with Gasteiger partial charge in [-0.05, 0) is 49.4 Å². The maximum atomic E-state index is 13.0. The lowest BCUT2D eigenvalue weighted by Crippen LogP contribution is -2.38. The number of rotatable bonds is 8. The van der Waals surface area contributed by atoms with Gasteiger partial charge in [0.1, 0.15) is 11.5 Å². The standard InChI is InChI=1S/C19H23FN4O4S/c20-15-2-4-17(5-3-15)29(26,27)23-16-6-8-21-18(14-16)19(25)22-7-1-9-24-10-12-28-13-11-24/h2-6,8,14H,1,7,9-13H2,(H,21,23)(H,22,25). The zero-order valence-electron chi connectivity index (χ0n) is 15.8. The number of anilines is 1. The molecule has 156 valence electrons. The summed E-state index contributed by atoms with van der Waals surface area (Å²) in [6, 6.07) is 7.27. The minimum atomic E-state index is -3.90. The first kappa shape index (κ1) is 21.2. The van der Waals surface area contributed by atoms with Crippen LogP contribution in [0.2, 0.25) is 0 Å². The number of carbonyl (C=O) groups excluding carboxylic acids is 1. The maximum Gasteiger partial charge on any atom is 0.269 e. The van der Waals surface area contributed by atoms with Crippen LogP contribution in [0.4, 0.5) is 10.1 Å². The number of hydrogen-bond donors (Lipinski definition) is 2. The summed E-state index contributed by atoms with van der Waals surface area (Å²) in [6.45, 7) is 4.61. The van der Waals surface area contributed by atoms with Crippen LogP contribution in [0.5, 0.6) is 0 Å². The number of aromatic nitrogens is 1. The number of morpholine rings is 1. The van der Waals surface area contributed by atoms with Gasteiger partial charge in [0.25, 0.3) is 15.9 Å². The third kappa shape index (κ3) is 6.21. The number of nitrogens with zero attached hydrogens (tertiary/aromatic N) is 2. The van der Waals surface area contributed by atoms with Crippen molar-refractivity contribution >= 4 is 21.6 Å². The van der Waals surface area contributed by atoms with Crippen LogP contribution >= 0.6 is 0 Å². The number of ether oxygens (including phenoxy) is 1. The molecule has 0 unspecified atom stereocenters. The maximum absolute atomic E-state index is 13.0. The molecule has 1 aromatic heterocycles. The minimum Gasteiger partial charge on any atom is -0.379 e. The van der Waals surface area contributed by atoms with E-state index in [-0.39, 0.29) is 22.2 Å². The first-order valence-corrected chi connectivity index (χ1v) is 10.7. The average molecular weight is 422 g/mol. The van der Waals surface area contributed by atoms with Gasteiger partial charge in [0.2, 0.25) is 0 Å². The Morgan fingerprint density at radius 3 is 2.62 bits per heavy atom. The van der Waals surface area contributed by atoms with Crippen LogP contribution in [0.1, 0.15) is 16.9 Å². The fraction of sp³-hybridized carbons (Fsp3) is 0.368. The van der Waals surface area contributed by atoms with Crippen molar-refractivity contribution in [3.63, 3.8) is 0 Å². The van der Waals surface area contributed by atoms with Gasteiger partial charge in [0.05, 0.1) is 23.8 Å². The van der Waals surface area contributed by atoms with E-state index < -0.39 is 15.8 Å². The van der Waals surface area contributed by atoms with E-state index in [2.05, 4.69) is 19.9 Å². The smallest absolute Gasteiger partial charge is 0.269 e. The average Bonchev–Trinajstić information content (AvgIpc) is 2.72. The summed E-state index contributed by atoms with van der Waals surface area (Å²) in [5.41, 5.74) is 0.304. The highest BCUT2D eigenvalue weighted by Gasteiger charge is 2.16. The molecule has 8 nitrogen and oxygen atoms in total. The van der Waals surface area contributed by atoms with Crippen LogP contribution in [0.25, 0.3) is 0 Å². The van der Waals surface area contributed by atoms with Gasteiger partial charge in [0, 0.05) is 25.8 Å². The van der Waals surface area contributed by atoms with E-state index in [1.165, 1.54) is 30.5 Å². The SMILES string of the molecule is O=C(NCCCN1CCOCC1)c1cc(NS(=O)(=O)c2ccc(F)cc2)ccn1. The lowest BCUT2D eigenvalue weighted by Gasteiger charge is -2.26. The van der Waals surface area contributed by atoms with E-state index in [1.807, 2.05) is 0 Å². The number of nitrogens with one attached hydrogen (secondary N) is 2. The fourth-order valence-electron chi connectivity index (χ4n) is 2.87. The largest absolute Gasteiger partial charge is 0.379 e. The van der Waals surface area contributed by atoms with E-state index in [9.17, 15) is 17.6 Å². The van der Waals surface area contributed by atoms with Crippen molar-refractivity contribution in [3.05, 3.63) is 54.1 Å². The number of pyridine rings is 1. The molecule has 2 heterocycles. The van der Waals surface area contributed by atoms with Gasteiger partial charge in [-0.3, -0.25) is 19.4 Å². The molecule has 0 radical (unpaired) electrons. The van der Waals surface area contributed by atoms with Crippen molar-refractivity contribution in [1.29, 1.82) is 0 Å². The van der Waals surface area contributed by atoms with E-state index in [0.717, 1.165) is 51.4 Å². The van der Waals surface area contributed by atoms with Crippen LogP contribution in [0, 0.1) is 5.82 Å². The zero-order valence-corrected chi connectivity index (χ0v) is 16.6. The monoisotopic (exact) mass is 422 g/mol. The van der Waals surface area contributed by atoms with Crippen molar-refractivity contribution in [1.82, 2.24) is 15.2 Å². The molecule has 1 fully saturated rings. The Balaban J connectivity index is 1.54. The molecule has 29 heavy (non-hydrogen) atoms. The summed E-state index contributed by atoms with van der Waals surface area (Å²) in [6.07, 6.45) is 2.15. The number of benzene rings is 1. The minimum absolute atomic E-state index is 0.0789. The molecule has 1 amide bonds. The summed E-state index contributed by atoms with van der Waals surface area (Å²) in [5.74, 6) is -0.907. The Bertz CT molecular complexity index is 931. The summed E-state index contributed by atoms with van der Waals surface area (Å²) in [5, 5.41) is 2.79. The Morgan fingerprint density at radius 2 is 1.90 bits per heavy atom. The second kappa shape index (κ2) is 9.77. The van der Waals surface area contributed by atoms with Crippen molar-refractivity contribution in [3.8, 4) is 0 Å². The molecular formula is C19H23FN4O4S. The molecule has 0 spiro atoms. The highest BCUT2D eigenvalue weighted by Crippen LogP contribution is 2.16. The number of hydrogen-bond acceptors (Lipinski definition) is 6. The van der Waals surface area contributed by atoms with E-state index in [0.29, 0.717) is 6.54 Å². The molecule has 1 aromatic carbocycles. The molecule has 3 rings (SSSR count). The van der Waals surface area contributed by atoms with Gasteiger partial charge in [0.15, 0.2) is 0 Å². The molecule has 0 atom stereocenters. The van der Waals surface area contributed by atoms with Gasteiger partial charge >= 0.3 is 0 Å². The lowest BCUT2D eigenvalue weighted by molar-refractivity contribution is 0.0374. The molecule has 2 N–H and O–H groups in total. The second-order valence-electron chi connectivity index (χ2n) is 6.55. The topological polar surface area (TPSA) is 101 Å². The highest BCUT2D eigenvalue weighted by molar-refractivity contribution is 7.92. The fourth-order valence-corrected chi connectivity index (χ4v) is 3.92. The van der Waals surface area contributed by atoms with Crippen LogP contribution in [0.15, 0.2) is 47.5 Å². The molecule has 1 aliphatic heterocycles. The van der Waals surface area contributed by atoms with Crippen molar-refractivity contribution in [2.75, 3.05) is 44.1 Å². The second-order valence-corrected chi connectivity index (χ2v) is 8.24. The van der Waals surface area contributed by atoms with E-state index in [4.69, 9.17) is 4.74 Å². The van der Waals surface area contributed by atoms with Crippen LogP contribution in [0.3, 0.4) is 0 Å². The predicted octanol–water partition coefficient (Wildman–Crippen LogP) is 1.47. The summed E-state index contributed by atoms with van der Waals surface area (Å²) < 4.78 is 45.4. The summed E-state index contributed by atoms with van der Waals surface area (Å²) in [4.78, 5) is 18.5. The Hall–Kier alpha value is -2.56. The third-order valence-corrected chi connectivity index (χ3v) is 5.81. The zero-order chi connectivity index (χ0) is 20.7. The van der Waals surface area contributed by atoms with E-state index in [1.54, 1.807) is 0 Å². The summed E-state index contributed by atoms with van der Waals surface area (Å²) >= 11 is 0. The van der Waals surface area contributed by atoms with E-state index >= 15 is 0 Å². The normalized spacial score (nSPS) is 15.1. The van der Waals surface area contributed by atoms with Crippen molar-refractivity contribution in [2.24, 2.45) is 0 Å². The molecule has 1 saturated heterocycles. The number of sulfonamides is 1.